The molecule has 1 saturated heterocycles. The van der Waals surface area contributed by atoms with Crippen molar-refractivity contribution in [3.05, 3.63) is 29.8 Å². The van der Waals surface area contributed by atoms with Gasteiger partial charge < -0.3 is 20.9 Å². The van der Waals surface area contributed by atoms with E-state index < -0.39 is 30.1 Å². The molecular formula is C22H30N2O6. The maximum atomic E-state index is 12.4. The Hall–Kier alpha value is -2.74. The van der Waals surface area contributed by atoms with Crippen molar-refractivity contribution in [2.75, 3.05) is 0 Å². The molecule has 3 atom stereocenters. The van der Waals surface area contributed by atoms with Crippen LogP contribution in [-0.2, 0) is 30.3 Å². The molecule has 1 aliphatic heterocycles. The van der Waals surface area contributed by atoms with Crippen LogP contribution in [0.4, 0.5) is 0 Å². The SMILES string of the molecule is CC(C)C[C@H](NC(=O)C1O[C@@H]1C(=O)CCCc1ccc(O)cc1)C(=O)CCC(N)=O. The molecule has 8 heteroatoms. The van der Waals surface area contributed by atoms with Gasteiger partial charge in [0.2, 0.25) is 5.91 Å². The molecule has 0 radical (unpaired) electrons. The lowest BCUT2D eigenvalue weighted by atomic mass is 9.97. The smallest absolute Gasteiger partial charge is 0.252 e. The first-order chi connectivity index (χ1) is 14.2. The molecule has 1 unspecified atom stereocenters. The highest BCUT2D eigenvalue weighted by Crippen LogP contribution is 2.26. The topological polar surface area (TPSA) is 139 Å². The Morgan fingerprint density at radius 3 is 2.33 bits per heavy atom. The summed E-state index contributed by atoms with van der Waals surface area (Å²) in [6.07, 6.45) is 0.266. The number of benzene rings is 1. The Balaban J connectivity index is 1.79. The van der Waals surface area contributed by atoms with Crippen molar-refractivity contribution in [3.63, 3.8) is 0 Å². The third kappa shape index (κ3) is 7.59. The van der Waals surface area contributed by atoms with Crippen LogP contribution < -0.4 is 11.1 Å². The van der Waals surface area contributed by atoms with Crippen LogP contribution in [0.3, 0.4) is 0 Å². The van der Waals surface area contributed by atoms with Crippen molar-refractivity contribution < 1.29 is 29.0 Å². The minimum atomic E-state index is -0.871. The van der Waals surface area contributed by atoms with E-state index >= 15 is 0 Å². The number of rotatable bonds is 13. The van der Waals surface area contributed by atoms with Gasteiger partial charge in [-0.1, -0.05) is 26.0 Å². The summed E-state index contributed by atoms with van der Waals surface area (Å²) >= 11 is 0. The number of Topliss-reactive ketones (excluding diaryl/α,β-unsaturated/α-hetero) is 2. The van der Waals surface area contributed by atoms with Gasteiger partial charge in [-0.15, -0.1) is 0 Å². The predicted molar refractivity (Wildman–Crippen MR) is 110 cm³/mol. The zero-order chi connectivity index (χ0) is 22.3. The van der Waals surface area contributed by atoms with E-state index in [0.29, 0.717) is 19.3 Å². The standard InChI is InChI=1S/C22H30N2O6/c1-13(2)12-16(17(26)10-11-19(23)28)24-22(29)21-20(30-21)18(27)5-3-4-14-6-8-15(25)9-7-14/h6-9,13,16,20-21,25H,3-5,10-12H2,1-2H3,(H2,23,28)(H,24,29)/t16-,20+,21?/m0/s1. The maximum Gasteiger partial charge on any atom is 0.252 e. The predicted octanol–water partition coefficient (Wildman–Crippen LogP) is 1.42. The first kappa shape index (κ1) is 23.5. The van der Waals surface area contributed by atoms with Crippen LogP contribution in [0.5, 0.6) is 5.75 Å². The summed E-state index contributed by atoms with van der Waals surface area (Å²) in [7, 11) is 0. The van der Waals surface area contributed by atoms with Crippen LogP contribution in [0.25, 0.3) is 0 Å². The number of phenolic OH excluding ortho intramolecular Hbond substituents is 1. The van der Waals surface area contributed by atoms with Gasteiger partial charge in [-0.05, 0) is 42.9 Å². The molecule has 0 aromatic heterocycles. The summed E-state index contributed by atoms with van der Waals surface area (Å²) in [5.74, 6) is -1.10. The van der Waals surface area contributed by atoms with E-state index in [2.05, 4.69) is 5.32 Å². The van der Waals surface area contributed by atoms with Gasteiger partial charge in [0.1, 0.15) is 5.75 Å². The van der Waals surface area contributed by atoms with Gasteiger partial charge in [-0.2, -0.15) is 0 Å². The first-order valence-corrected chi connectivity index (χ1v) is 10.2. The lowest BCUT2D eigenvalue weighted by molar-refractivity contribution is -0.129. The number of primary amides is 1. The number of ether oxygens (including phenoxy) is 1. The Bertz CT molecular complexity index is 774. The maximum absolute atomic E-state index is 12.4. The Morgan fingerprint density at radius 2 is 1.73 bits per heavy atom. The van der Waals surface area contributed by atoms with Gasteiger partial charge in [0.05, 0.1) is 6.04 Å². The molecular weight excluding hydrogens is 388 g/mol. The largest absolute Gasteiger partial charge is 0.508 e. The molecule has 0 saturated carbocycles. The minimum absolute atomic E-state index is 0.0296. The number of hydrogen-bond acceptors (Lipinski definition) is 6. The fourth-order valence-electron chi connectivity index (χ4n) is 3.24. The zero-order valence-electron chi connectivity index (χ0n) is 17.4. The zero-order valence-corrected chi connectivity index (χ0v) is 17.4. The molecule has 1 heterocycles. The molecule has 4 N–H and O–H groups in total. The first-order valence-electron chi connectivity index (χ1n) is 10.2. The molecule has 164 valence electrons. The monoisotopic (exact) mass is 418 g/mol. The quantitative estimate of drug-likeness (QED) is 0.414. The second-order valence-electron chi connectivity index (χ2n) is 8.09. The van der Waals surface area contributed by atoms with E-state index in [0.717, 1.165) is 5.56 Å². The number of ketones is 2. The highest BCUT2D eigenvalue weighted by Gasteiger charge is 2.50. The van der Waals surface area contributed by atoms with E-state index in [-0.39, 0.29) is 42.5 Å². The van der Waals surface area contributed by atoms with Crippen LogP contribution >= 0.6 is 0 Å². The van der Waals surface area contributed by atoms with Crippen molar-refractivity contribution in [3.8, 4) is 5.75 Å². The van der Waals surface area contributed by atoms with Crippen molar-refractivity contribution in [1.29, 1.82) is 0 Å². The average Bonchev–Trinajstić information content (AvgIpc) is 3.47. The molecule has 30 heavy (non-hydrogen) atoms. The molecule has 0 bridgehead atoms. The van der Waals surface area contributed by atoms with Crippen molar-refractivity contribution in [1.82, 2.24) is 5.32 Å². The Labute approximate surface area is 176 Å². The summed E-state index contributed by atoms with van der Waals surface area (Å²) in [6, 6.07) is 6.06. The molecule has 8 nitrogen and oxygen atoms in total. The fraction of sp³-hybridized carbons (Fsp3) is 0.545. The summed E-state index contributed by atoms with van der Waals surface area (Å²) < 4.78 is 5.26. The molecule has 0 spiro atoms. The molecule has 2 rings (SSSR count). The van der Waals surface area contributed by atoms with Gasteiger partial charge in [0.15, 0.2) is 23.8 Å². The summed E-state index contributed by atoms with van der Waals surface area (Å²) in [5.41, 5.74) is 6.10. The molecule has 1 aromatic rings. The summed E-state index contributed by atoms with van der Waals surface area (Å²) in [4.78, 5) is 47.9. The minimum Gasteiger partial charge on any atom is -0.508 e. The molecule has 1 aromatic carbocycles. The van der Waals surface area contributed by atoms with Gasteiger partial charge >= 0.3 is 0 Å². The highest BCUT2D eigenvalue weighted by molar-refractivity contribution is 5.98. The fourth-order valence-corrected chi connectivity index (χ4v) is 3.24. The van der Waals surface area contributed by atoms with E-state index in [1.165, 1.54) is 0 Å². The highest BCUT2D eigenvalue weighted by atomic mass is 16.6. The number of epoxide rings is 1. The number of hydrogen-bond donors (Lipinski definition) is 3. The van der Waals surface area contributed by atoms with Crippen molar-refractivity contribution in [2.24, 2.45) is 11.7 Å². The van der Waals surface area contributed by atoms with Gasteiger partial charge in [-0.25, -0.2) is 0 Å². The van der Waals surface area contributed by atoms with Gasteiger partial charge in [0, 0.05) is 19.3 Å². The van der Waals surface area contributed by atoms with E-state index in [4.69, 9.17) is 10.5 Å². The van der Waals surface area contributed by atoms with Crippen molar-refractivity contribution in [2.45, 2.75) is 70.6 Å². The number of carbonyl (C=O) groups is 4. The van der Waals surface area contributed by atoms with Crippen LogP contribution in [0, 0.1) is 5.92 Å². The number of nitrogens with one attached hydrogen (secondary N) is 1. The lowest BCUT2D eigenvalue weighted by Gasteiger charge is -2.19. The molecule has 1 aliphatic rings. The van der Waals surface area contributed by atoms with E-state index in [9.17, 15) is 24.3 Å². The lowest BCUT2D eigenvalue weighted by Crippen LogP contribution is -2.44. The van der Waals surface area contributed by atoms with E-state index in [1.54, 1.807) is 24.3 Å². The Kier molecular flexibility index (Phi) is 8.53. The molecule has 2 amide bonds. The van der Waals surface area contributed by atoms with Gasteiger partial charge in [-0.3, -0.25) is 19.2 Å². The number of nitrogens with two attached hydrogens (primary N) is 1. The number of carbonyl (C=O) groups excluding carboxylic acids is 4. The summed E-state index contributed by atoms with van der Waals surface area (Å²) in [5, 5.41) is 11.9. The second-order valence-corrected chi connectivity index (χ2v) is 8.09. The molecule has 0 aliphatic carbocycles. The van der Waals surface area contributed by atoms with Crippen LogP contribution in [0.1, 0.15) is 51.5 Å². The Morgan fingerprint density at radius 1 is 1.07 bits per heavy atom. The number of phenols is 1. The van der Waals surface area contributed by atoms with E-state index in [1.807, 2.05) is 13.8 Å². The third-order valence-electron chi connectivity index (χ3n) is 4.92. The average molecular weight is 418 g/mol. The van der Waals surface area contributed by atoms with Crippen molar-refractivity contribution >= 4 is 23.4 Å². The van der Waals surface area contributed by atoms with Crippen LogP contribution in [-0.4, -0.2) is 46.7 Å². The number of amides is 2. The summed E-state index contributed by atoms with van der Waals surface area (Å²) in [6.45, 7) is 3.85. The molecule has 1 fully saturated rings. The number of aryl methyl sites for hydroxylation is 1. The second kappa shape index (κ2) is 10.9. The van der Waals surface area contributed by atoms with Gasteiger partial charge in [0.25, 0.3) is 5.91 Å². The van der Waals surface area contributed by atoms with Crippen LogP contribution in [0.2, 0.25) is 0 Å². The third-order valence-corrected chi connectivity index (χ3v) is 4.92. The van der Waals surface area contributed by atoms with Crippen LogP contribution in [0.15, 0.2) is 24.3 Å². The number of aromatic hydroxyl groups is 1. The normalized spacial score (nSPS) is 18.6.